The van der Waals surface area contributed by atoms with Crippen LogP contribution in [0.1, 0.15) is 102 Å². The molecule has 9 N–H and O–H groups in total. The number of benzene rings is 2. The number of hydrogen-bond donors (Lipinski definition) is 6. The van der Waals surface area contributed by atoms with Crippen molar-refractivity contribution in [3.8, 4) is 0 Å². The van der Waals surface area contributed by atoms with Gasteiger partial charge in [-0.2, -0.15) is 9.97 Å². The third-order valence-electron chi connectivity index (χ3n) is 12.7. The maximum absolute atomic E-state index is 12.8. The zero-order valence-electron chi connectivity index (χ0n) is 39.6. The fourth-order valence-corrected chi connectivity index (χ4v) is 8.66. The van der Waals surface area contributed by atoms with Gasteiger partial charge in [-0.15, -0.1) is 20.4 Å². The Morgan fingerprint density at radius 2 is 1.08 bits per heavy atom. The fraction of sp³-hybridized carbons (Fsp3) is 0.447. The largest absolute Gasteiger partial charge is 0.378 e. The summed E-state index contributed by atoms with van der Waals surface area (Å²) in [6, 6.07) is 15.4. The number of rotatable bonds is 13. The zero-order chi connectivity index (χ0) is 50.1. The summed E-state index contributed by atoms with van der Waals surface area (Å²) >= 11 is 0. The van der Waals surface area contributed by atoms with Crippen molar-refractivity contribution in [1.82, 2.24) is 50.6 Å². The van der Waals surface area contributed by atoms with Crippen LogP contribution in [0.3, 0.4) is 0 Å². The number of hydrogen-bond acceptors (Lipinski definition) is 20. The number of nitrogens with two attached hydrogens (primary N) is 3. The number of nitrogens with zero attached hydrogens (tertiary/aromatic N) is 11. The van der Waals surface area contributed by atoms with Gasteiger partial charge in [-0.05, 0) is 87.1 Å². The van der Waals surface area contributed by atoms with Crippen LogP contribution in [0, 0.1) is 0 Å². The van der Waals surface area contributed by atoms with Gasteiger partial charge in [0.15, 0.2) is 28.7 Å². The third kappa shape index (κ3) is 12.2. The Bertz CT molecular complexity index is 2740. The molecule has 2 atom stereocenters. The summed E-state index contributed by atoms with van der Waals surface area (Å²) in [5.41, 5.74) is 19.5. The van der Waals surface area contributed by atoms with Crippen molar-refractivity contribution >= 4 is 64.4 Å². The molecule has 25 nitrogen and oxygen atoms in total. The summed E-state index contributed by atoms with van der Waals surface area (Å²) in [6.45, 7) is 6.90. The van der Waals surface area contributed by atoms with Gasteiger partial charge >= 0.3 is 0 Å². The summed E-state index contributed by atoms with van der Waals surface area (Å²) in [5, 5.41) is 29.3. The van der Waals surface area contributed by atoms with Crippen LogP contribution in [0.15, 0.2) is 59.1 Å². The van der Waals surface area contributed by atoms with Gasteiger partial charge < -0.3 is 66.7 Å². The van der Waals surface area contributed by atoms with Gasteiger partial charge in [-0.1, -0.05) is 5.16 Å². The summed E-state index contributed by atoms with van der Waals surface area (Å²) in [5.74, 6) is 0.280. The van der Waals surface area contributed by atoms with Gasteiger partial charge in [-0.3, -0.25) is 24.0 Å². The molecule has 3 aromatic heterocycles. The summed E-state index contributed by atoms with van der Waals surface area (Å²) in [6.07, 6.45) is 5.58. The lowest BCUT2D eigenvalue weighted by atomic mass is 10.1. The first-order valence-corrected chi connectivity index (χ1v) is 24.1. The molecule has 378 valence electrons. The average Bonchev–Trinajstić information content (AvgIpc) is 4.14. The molecule has 5 aromatic rings. The highest BCUT2D eigenvalue weighted by molar-refractivity contribution is 5.98. The van der Waals surface area contributed by atoms with Crippen molar-refractivity contribution < 1.29 is 38.0 Å². The molecule has 25 heteroatoms. The molecule has 5 aliphatic rings. The fourth-order valence-electron chi connectivity index (χ4n) is 8.66. The van der Waals surface area contributed by atoms with E-state index < -0.39 is 11.8 Å². The number of carbonyl (C=O) groups is 5. The molecule has 10 rings (SSSR count). The second kappa shape index (κ2) is 22.5. The molecule has 1 saturated carbocycles. The van der Waals surface area contributed by atoms with Crippen LogP contribution in [0.2, 0.25) is 0 Å². The third-order valence-corrected chi connectivity index (χ3v) is 12.7. The van der Waals surface area contributed by atoms with Gasteiger partial charge in [0.2, 0.25) is 11.9 Å². The molecule has 2 aromatic carbocycles. The van der Waals surface area contributed by atoms with Crippen LogP contribution < -0.4 is 43.0 Å². The highest BCUT2D eigenvalue weighted by atomic mass is 16.5. The molecule has 5 fully saturated rings. The Morgan fingerprint density at radius 1 is 0.597 bits per heavy atom. The van der Waals surface area contributed by atoms with Crippen LogP contribution in [0.25, 0.3) is 0 Å². The zero-order valence-corrected chi connectivity index (χ0v) is 39.6. The highest BCUT2D eigenvalue weighted by Gasteiger charge is 2.31. The molecule has 72 heavy (non-hydrogen) atoms. The molecule has 0 bridgehead atoms. The van der Waals surface area contributed by atoms with E-state index in [0.29, 0.717) is 113 Å². The second-order valence-electron chi connectivity index (χ2n) is 18.1. The molecule has 4 saturated heterocycles. The average molecular weight is 988 g/mol. The minimum atomic E-state index is -0.778. The molecular formula is C47H57N17O8. The Labute approximate surface area is 413 Å². The van der Waals surface area contributed by atoms with Gasteiger partial charge in [0, 0.05) is 98.9 Å². The number of ether oxygens (including phenoxy) is 2. The maximum atomic E-state index is 12.8. The number of amides is 5. The lowest BCUT2D eigenvalue weighted by molar-refractivity contribution is 0.0301. The molecule has 1 aliphatic carbocycles. The summed E-state index contributed by atoms with van der Waals surface area (Å²) in [4.78, 5) is 78.4. The molecule has 0 unspecified atom stereocenters. The van der Waals surface area contributed by atoms with Crippen molar-refractivity contribution in [2.24, 2.45) is 17.2 Å². The van der Waals surface area contributed by atoms with Gasteiger partial charge in [0.05, 0.1) is 26.4 Å². The topological polar surface area (TPSA) is 334 Å². The summed E-state index contributed by atoms with van der Waals surface area (Å²) < 4.78 is 15.9. The predicted molar refractivity (Wildman–Crippen MR) is 260 cm³/mol. The van der Waals surface area contributed by atoms with Crippen LogP contribution in [0.4, 0.5) is 34.9 Å². The van der Waals surface area contributed by atoms with Gasteiger partial charge in [0.1, 0.15) is 5.76 Å². The van der Waals surface area contributed by atoms with Crippen molar-refractivity contribution in [2.45, 2.75) is 56.5 Å². The van der Waals surface area contributed by atoms with Crippen LogP contribution in [-0.4, -0.2) is 166 Å². The van der Waals surface area contributed by atoms with E-state index in [1.165, 1.54) is 0 Å². The van der Waals surface area contributed by atoms with Crippen LogP contribution in [0.5, 0.6) is 0 Å². The number of aromatic nitrogens is 7. The standard InChI is InChI=1S/C27H31N9O5.C20H26N8O3/c28-23(37)22-24(29-18-7-5-17(6-8-18)26(39)35-10-12-40-13-11-35)31-27(33-32-22)36-9-1-2-19(15-36)30-25(38)20-14-21(41-34-20)16-3-4-16;21-14-2-1-7-28(12-14)20-24-18(16(17(22)29)25-26-20)23-15-5-3-13(4-6-15)19(30)27-8-10-31-11-9-27/h5-8,14,16,19H,1-4,9-13,15H2,(H2,28,37)(H,30,38)(H,29,31,33);3-6,14H,1-2,7-12,21H2,(H2,22,29)(H,23,24,26)/t19-;14-/m11/s1. The number of primary amides is 2. The van der Waals surface area contributed by atoms with E-state index in [4.69, 9.17) is 31.2 Å². The van der Waals surface area contributed by atoms with Gasteiger partial charge in [-0.25, -0.2) is 0 Å². The smallest absolute Gasteiger partial charge is 0.273 e. The van der Waals surface area contributed by atoms with Crippen molar-refractivity contribution in [1.29, 1.82) is 0 Å². The van der Waals surface area contributed by atoms with E-state index in [1.807, 2.05) is 9.80 Å². The van der Waals surface area contributed by atoms with E-state index in [-0.39, 0.29) is 58.5 Å². The lowest BCUT2D eigenvalue weighted by Gasteiger charge is -2.32. The minimum absolute atomic E-state index is 0.0416. The first kappa shape index (κ1) is 49.1. The molecule has 0 spiro atoms. The number of morpholine rings is 2. The lowest BCUT2D eigenvalue weighted by Crippen LogP contribution is -2.48. The van der Waals surface area contributed by atoms with Crippen molar-refractivity contribution in [2.75, 3.05) is 99.2 Å². The van der Waals surface area contributed by atoms with E-state index in [1.54, 1.807) is 64.4 Å². The minimum Gasteiger partial charge on any atom is -0.378 e. The highest BCUT2D eigenvalue weighted by Crippen LogP contribution is 2.40. The Balaban J connectivity index is 0.000000185. The molecular weight excluding hydrogens is 931 g/mol. The second-order valence-corrected chi connectivity index (χ2v) is 18.1. The van der Waals surface area contributed by atoms with Crippen LogP contribution in [-0.2, 0) is 9.47 Å². The normalized spacial score (nSPS) is 19.1. The quantitative estimate of drug-likeness (QED) is 0.0975. The summed E-state index contributed by atoms with van der Waals surface area (Å²) in [7, 11) is 0. The monoisotopic (exact) mass is 987 g/mol. The number of anilines is 6. The van der Waals surface area contributed by atoms with E-state index in [2.05, 4.69) is 51.5 Å². The van der Waals surface area contributed by atoms with Gasteiger partial charge in [0.25, 0.3) is 29.5 Å². The molecule has 0 radical (unpaired) electrons. The van der Waals surface area contributed by atoms with E-state index in [9.17, 15) is 24.0 Å². The molecule has 5 amide bonds. The first-order valence-electron chi connectivity index (χ1n) is 24.1. The van der Waals surface area contributed by atoms with Crippen molar-refractivity contribution in [3.05, 3.63) is 88.6 Å². The number of carbonyl (C=O) groups excluding carboxylic acids is 5. The number of nitrogens with one attached hydrogen (secondary N) is 3. The Hall–Kier alpha value is -7.90. The Kier molecular flexibility index (Phi) is 15.3. The molecule has 7 heterocycles. The van der Waals surface area contributed by atoms with Crippen molar-refractivity contribution in [3.63, 3.8) is 0 Å². The predicted octanol–water partition coefficient (Wildman–Crippen LogP) is 1.56. The van der Waals surface area contributed by atoms with Crippen LogP contribution >= 0.6 is 0 Å². The first-order chi connectivity index (χ1) is 34.9. The van der Waals surface area contributed by atoms with E-state index >= 15 is 0 Å². The Morgan fingerprint density at radius 3 is 1.56 bits per heavy atom. The molecule has 4 aliphatic heterocycles. The van der Waals surface area contributed by atoms with E-state index in [0.717, 1.165) is 50.8 Å². The SMILES string of the molecule is NC(=O)c1nnc(N2CCC[C@@H](N)C2)nc1Nc1ccc(C(=O)N2CCOCC2)cc1.NC(=O)c1nnc(N2CCC[C@@H](NC(=O)c3cc(C4CC4)on3)C2)nc1Nc1ccc(C(=O)N2CCOCC2)cc1. The maximum Gasteiger partial charge on any atom is 0.273 e. The number of piperidine rings is 2.